The average molecular weight is 353 g/mol. The van der Waals surface area contributed by atoms with Crippen molar-refractivity contribution in [2.45, 2.75) is 12.1 Å². The minimum atomic E-state index is -0.426. The van der Waals surface area contributed by atoms with E-state index >= 15 is 0 Å². The number of amides is 2. The lowest BCUT2D eigenvalue weighted by Crippen LogP contribution is -2.31. The first kappa shape index (κ1) is 16.8. The van der Waals surface area contributed by atoms with E-state index in [2.05, 4.69) is 20.8 Å². The van der Waals surface area contributed by atoms with E-state index in [0.29, 0.717) is 10.7 Å². The summed E-state index contributed by atoms with van der Waals surface area (Å²) in [4.78, 5) is 24.0. The van der Waals surface area contributed by atoms with Gasteiger partial charge in [-0.3, -0.25) is 14.9 Å². The number of nitrogens with zero attached hydrogens (tertiary/aromatic N) is 4. The van der Waals surface area contributed by atoms with Crippen molar-refractivity contribution >= 4 is 23.6 Å². The van der Waals surface area contributed by atoms with Gasteiger partial charge in [0.05, 0.1) is 11.4 Å². The van der Waals surface area contributed by atoms with Crippen molar-refractivity contribution in [1.82, 2.24) is 25.5 Å². The fourth-order valence-corrected chi connectivity index (χ4v) is 2.86. The summed E-state index contributed by atoms with van der Waals surface area (Å²) >= 11 is 1.17. The highest BCUT2D eigenvalue weighted by Crippen LogP contribution is 2.20. The summed E-state index contributed by atoms with van der Waals surface area (Å²) in [6.45, 7) is 1.96. The third-order valence-electron chi connectivity index (χ3n) is 3.41. The molecule has 0 radical (unpaired) electrons. The number of nitrogens with one attached hydrogen (secondary N) is 1. The van der Waals surface area contributed by atoms with Crippen LogP contribution in [-0.2, 0) is 4.79 Å². The topological polar surface area (TPSA) is 89.8 Å². The van der Waals surface area contributed by atoms with E-state index in [9.17, 15) is 9.59 Å². The van der Waals surface area contributed by atoms with Gasteiger partial charge < -0.3 is 0 Å². The molecule has 0 unspecified atom stereocenters. The monoisotopic (exact) mass is 353 g/mol. The average Bonchev–Trinajstić information content (AvgIpc) is 3.09. The maximum Gasteiger partial charge on any atom is 0.257 e. The van der Waals surface area contributed by atoms with Gasteiger partial charge in [0.15, 0.2) is 0 Å². The molecular weight excluding hydrogens is 338 g/mol. The molecule has 0 aliphatic rings. The lowest BCUT2D eigenvalue weighted by atomic mass is 10.2. The molecule has 0 aliphatic heterocycles. The van der Waals surface area contributed by atoms with Crippen LogP contribution in [-0.4, -0.2) is 37.8 Å². The Kier molecular flexibility index (Phi) is 5.20. The van der Waals surface area contributed by atoms with Crippen molar-refractivity contribution in [3.05, 3.63) is 65.7 Å². The normalized spacial score (nSPS) is 10.4. The molecule has 2 amide bonds. The highest BCUT2D eigenvalue weighted by Gasteiger charge is 2.14. The van der Waals surface area contributed by atoms with Crippen molar-refractivity contribution in [2.75, 3.05) is 5.75 Å². The minimum Gasteiger partial charge on any atom is -0.292 e. The molecule has 0 saturated carbocycles. The number of thioether (sulfide) groups is 1. The summed E-state index contributed by atoms with van der Waals surface area (Å²) in [7, 11) is 0. The van der Waals surface area contributed by atoms with Crippen LogP contribution in [0.3, 0.4) is 0 Å². The number of tetrazole rings is 1. The number of benzene rings is 2. The molecular formula is C17H15N5O2S. The zero-order valence-electron chi connectivity index (χ0n) is 13.4. The van der Waals surface area contributed by atoms with Gasteiger partial charge in [-0.05, 0) is 41.1 Å². The van der Waals surface area contributed by atoms with E-state index in [0.717, 1.165) is 11.3 Å². The van der Waals surface area contributed by atoms with Gasteiger partial charge in [0.2, 0.25) is 11.1 Å². The van der Waals surface area contributed by atoms with Crippen LogP contribution in [0.2, 0.25) is 0 Å². The SMILES string of the molecule is Cc1ccccc1-n1nnnc1SCC(=O)NC(=O)c1ccccc1. The molecule has 0 spiro atoms. The van der Waals surface area contributed by atoms with Crippen molar-refractivity contribution in [2.24, 2.45) is 0 Å². The van der Waals surface area contributed by atoms with Crippen LogP contribution in [0.1, 0.15) is 15.9 Å². The van der Waals surface area contributed by atoms with Crippen LogP contribution in [0, 0.1) is 6.92 Å². The maximum atomic E-state index is 12.0. The number of para-hydroxylation sites is 1. The Balaban J connectivity index is 1.63. The van der Waals surface area contributed by atoms with Crippen LogP contribution < -0.4 is 5.32 Å². The Morgan fingerprint density at radius 3 is 2.56 bits per heavy atom. The molecule has 0 bridgehead atoms. The molecule has 3 rings (SSSR count). The Hall–Kier alpha value is -3.00. The first-order valence-electron chi connectivity index (χ1n) is 7.51. The van der Waals surface area contributed by atoms with Crippen molar-refractivity contribution in [1.29, 1.82) is 0 Å². The molecule has 1 aromatic heterocycles. The molecule has 3 aromatic rings. The fraction of sp³-hybridized carbons (Fsp3) is 0.118. The van der Waals surface area contributed by atoms with Gasteiger partial charge in [0.1, 0.15) is 0 Å². The van der Waals surface area contributed by atoms with E-state index in [1.807, 2.05) is 31.2 Å². The zero-order chi connectivity index (χ0) is 17.6. The summed E-state index contributed by atoms with van der Waals surface area (Å²) in [6, 6.07) is 16.3. The largest absolute Gasteiger partial charge is 0.292 e. The van der Waals surface area contributed by atoms with Gasteiger partial charge in [-0.1, -0.05) is 48.2 Å². The number of aryl methyl sites for hydroxylation is 1. The van der Waals surface area contributed by atoms with Crippen molar-refractivity contribution in [3.63, 3.8) is 0 Å². The number of aromatic nitrogens is 4. The van der Waals surface area contributed by atoms with E-state index in [1.165, 1.54) is 11.8 Å². The molecule has 1 N–H and O–H groups in total. The van der Waals surface area contributed by atoms with Crippen LogP contribution >= 0.6 is 11.8 Å². The van der Waals surface area contributed by atoms with E-state index < -0.39 is 11.8 Å². The summed E-state index contributed by atoms with van der Waals surface area (Å²) in [5.41, 5.74) is 2.29. The highest BCUT2D eigenvalue weighted by atomic mass is 32.2. The van der Waals surface area contributed by atoms with Gasteiger partial charge >= 0.3 is 0 Å². The number of rotatable bonds is 5. The summed E-state index contributed by atoms with van der Waals surface area (Å²) in [5.74, 6) is -0.798. The number of imide groups is 1. The zero-order valence-corrected chi connectivity index (χ0v) is 14.2. The molecule has 7 nitrogen and oxygen atoms in total. The fourth-order valence-electron chi connectivity index (χ4n) is 2.18. The number of hydrogen-bond donors (Lipinski definition) is 1. The van der Waals surface area contributed by atoms with Crippen LogP contribution in [0.4, 0.5) is 0 Å². The quantitative estimate of drug-likeness (QED) is 0.706. The van der Waals surface area contributed by atoms with E-state index in [1.54, 1.807) is 35.0 Å². The second kappa shape index (κ2) is 7.71. The van der Waals surface area contributed by atoms with E-state index in [-0.39, 0.29) is 5.75 Å². The van der Waals surface area contributed by atoms with E-state index in [4.69, 9.17) is 0 Å². The second-order valence-electron chi connectivity index (χ2n) is 5.19. The van der Waals surface area contributed by atoms with Crippen molar-refractivity contribution < 1.29 is 9.59 Å². The number of carbonyl (C=O) groups is 2. The maximum absolute atomic E-state index is 12.0. The molecule has 0 aliphatic carbocycles. The molecule has 0 saturated heterocycles. The lowest BCUT2D eigenvalue weighted by molar-refractivity contribution is -0.117. The molecule has 0 atom stereocenters. The highest BCUT2D eigenvalue weighted by molar-refractivity contribution is 7.99. The Morgan fingerprint density at radius 1 is 1.08 bits per heavy atom. The second-order valence-corrected chi connectivity index (χ2v) is 6.13. The van der Waals surface area contributed by atoms with Gasteiger partial charge in [-0.15, -0.1) is 5.10 Å². The first-order valence-corrected chi connectivity index (χ1v) is 8.50. The lowest BCUT2D eigenvalue weighted by Gasteiger charge is -2.07. The summed E-state index contributed by atoms with van der Waals surface area (Å²) in [6.07, 6.45) is 0. The first-order chi connectivity index (χ1) is 12.1. The molecule has 25 heavy (non-hydrogen) atoms. The molecule has 2 aromatic carbocycles. The van der Waals surface area contributed by atoms with Gasteiger partial charge in [-0.25, -0.2) is 0 Å². The van der Waals surface area contributed by atoms with Gasteiger partial charge in [-0.2, -0.15) is 4.68 Å². The number of hydrogen-bond acceptors (Lipinski definition) is 6. The number of carbonyl (C=O) groups excluding carboxylic acids is 2. The minimum absolute atomic E-state index is 0.0326. The summed E-state index contributed by atoms with van der Waals surface area (Å²) < 4.78 is 1.58. The summed E-state index contributed by atoms with van der Waals surface area (Å²) in [5, 5.41) is 14.4. The predicted molar refractivity (Wildman–Crippen MR) is 93.5 cm³/mol. The standard InChI is InChI=1S/C17H15N5O2S/c1-12-7-5-6-10-14(12)22-17(19-20-21-22)25-11-15(23)18-16(24)13-8-3-2-4-9-13/h2-10H,11H2,1H3,(H,18,23,24). The van der Waals surface area contributed by atoms with Crippen LogP contribution in [0.5, 0.6) is 0 Å². The Morgan fingerprint density at radius 2 is 1.80 bits per heavy atom. The Bertz CT molecular complexity index is 895. The van der Waals surface area contributed by atoms with Gasteiger partial charge in [0, 0.05) is 5.56 Å². The third-order valence-corrected chi connectivity index (χ3v) is 4.33. The van der Waals surface area contributed by atoms with Gasteiger partial charge in [0.25, 0.3) is 5.91 Å². The molecule has 126 valence electrons. The molecule has 0 fully saturated rings. The predicted octanol–water partition coefficient (Wildman–Crippen LogP) is 2.02. The smallest absolute Gasteiger partial charge is 0.257 e. The van der Waals surface area contributed by atoms with Crippen molar-refractivity contribution in [3.8, 4) is 5.69 Å². The Labute approximate surface area is 148 Å². The molecule has 8 heteroatoms. The van der Waals surface area contributed by atoms with Crippen LogP contribution in [0.25, 0.3) is 5.69 Å². The van der Waals surface area contributed by atoms with Crippen LogP contribution in [0.15, 0.2) is 59.8 Å². The third kappa shape index (κ3) is 4.10. The molecule has 1 heterocycles.